The Morgan fingerprint density at radius 3 is 2.61 bits per heavy atom. The second-order valence-electron chi connectivity index (χ2n) is 7.84. The third-order valence-corrected chi connectivity index (χ3v) is 6.42. The quantitative estimate of drug-likeness (QED) is 0.505. The summed E-state index contributed by atoms with van der Waals surface area (Å²) in [5, 5.41) is 1.42. The predicted molar refractivity (Wildman–Crippen MR) is 116 cm³/mol. The zero-order valence-corrected chi connectivity index (χ0v) is 18.4. The van der Waals surface area contributed by atoms with Crippen LogP contribution in [0.4, 0.5) is 0 Å². The normalized spacial score (nSPS) is 16.0. The number of likely N-dealkylation sites (tertiary alicyclic amines) is 1. The number of carbonyl (C=O) groups is 1. The second-order valence-corrected chi connectivity index (χ2v) is 9.59. The molecule has 0 N–H and O–H groups in total. The molecule has 28 heavy (non-hydrogen) atoms. The fourth-order valence-corrected chi connectivity index (χ4v) is 4.61. The minimum atomic E-state index is -0.285. The summed E-state index contributed by atoms with van der Waals surface area (Å²) in [4.78, 5) is 32.6. The largest absolute Gasteiger partial charge is 0.342 e. The summed E-state index contributed by atoms with van der Waals surface area (Å²) in [6.45, 7) is 8.41. The minimum absolute atomic E-state index is 0.0672. The Bertz CT molecular complexity index is 906. The van der Waals surface area contributed by atoms with Crippen molar-refractivity contribution in [3.63, 3.8) is 0 Å². The summed E-state index contributed by atoms with van der Waals surface area (Å²) >= 11 is 7.48. The van der Waals surface area contributed by atoms with Crippen molar-refractivity contribution in [2.75, 3.05) is 13.1 Å². The lowest BCUT2D eigenvalue weighted by atomic mass is 10.1. The Morgan fingerprint density at radius 2 is 1.93 bits per heavy atom. The van der Waals surface area contributed by atoms with E-state index < -0.39 is 0 Å². The Kier molecular flexibility index (Phi) is 7.05. The van der Waals surface area contributed by atoms with Crippen LogP contribution in [0.3, 0.4) is 0 Å². The number of benzene rings is 1. The molecule has 7 heteroatoms. The van der Waals surface area contributed by atoms with Gasteiger partial charge in [0.15, 0.2) is 5.16 Å². The molecule has 0 bridgehead atoms. The van der Waals surface area contributed by atoms with Gasteiger partial charge < -0.3 is 4.90 Å². The van der Waals surface area contributed by atoms with Crippen LogP contribution in [0.2, 0.25) is 5.02 Å². The second kappa shape index (κ2) is 9.31. The number of nitrogens with zero attached hydrogens (tertiary/aromatic N) is 3. The van der Waals surface area contributed by atoms with Crippen molar-refractivity contribution in [1.29, 1.82) is 0 Å². The van der Waals surface area contributed by atoms with Gasteiger partial charge in [0.25, 0.3) is 5.56 Å². The highest BCUT2D eigenvalue weighted by Gasteiger charge is 2.25. The molecule has 152 valence electrons. The topological polar surface area (TPSA) is 55.2 Å². The van der Waals surface area contributed by atoms with E-state index in [1.54, 1.807) is 22.8 Å². The molecule has 1 fully saturated rings. The summed E-state index contributed by atoms with van der Waals surface area (Å²) < 4.78 is 1.72. The van der Waals surface area contributed by atoms with Crippen LogP contribution in [0.25, 0.3) is 10.9 Å². The first-order chi connectivity index (χ1) is 13.4. The van der Waals surface area contributed by atoms with Crippen LogP contribution in [0, 0.1) is 5.92 Å². The van der Waals surface area contributed by atoms with Gasteiger partial charge in [0.2, 0.25) is 5.91 Å². The number of halogens is 1. The first-order valence-electron chi connectivity index (χ1n) is 10.0. The van der Waals surface area contributed by atoms with Gasteiger partial charge in [-0.05, 0) is 56.7 Å². The van der Waals surface area contributed by atoms with Crippen LogP contribution in [0.5, 0.6) is 0 Å². The molecule has 1 aromatic carbocycles. The standard InChI is InChI=1S/C21H28ClN3O2S/c1-14(2)9-12-25-20(27)17-8-7-16(22)13-18(17)23-21(25)28-15(3)19(26)24-10-5-4-6-11-24/h7-8,13-15H,4-6,9-12H2,1-3H3. The minimum Gasteiger partial charge on any atom is -0.342 e. The molecule has 3 rings (SSSR count). The molecule has 0 radical (unpaired) electrons. The SMILES string of the molecule is CC(C)CCn1c(SC(C)C(=O)N2CCCCC2)nc2cc(Cl)ccc2c1=O. The molecule has 2 heterocycles. The maximum atomic E-state index is 13.1. The zero-order chi connectivity index (χ0) is 20.3. The molecule has 1 aliphatic rings. The summed E-state index contributed by atoms with van der Waals surface area (Å²) in [5.74, 6) is 0.596. The molecule has 5 nitrogen and oxygen atoms in total. The first kappa shape index (κ1) is 21.2. The van der Waals surface area contributed by atoms with E-state index in [1.165, 1.54) is 18.2 Å². The fraction of sp³-hybridized carbons (Fsp3) is 0.571. The highest BCUT2D eigenvalue weighted by molar-refractivity contribution is 8.00. The van der Waals surface area contributed by atoms with Gasteiger partial charge in [-0.3, -0.25) is 14.2 Å². The molecular formula is C21H28ClN3O2S. The van der Waals surface area contributed by atoms with Crippen LogP contribution in [0.1, 0.15) is 46.5 Å². The van der Waals surface area contributed by atoms with Crippen LogP contribution >= 0.6 is 23.4 Å². The summed E-state index contributed by atoms with van der Waals surface area (Å²) in [7, 11) is 0. The number of aromatic nitrogens is 2. The van der Waals surface area contributed by atoms with Gasteiger partial charge in [-0.2, -0.15) is 0 Å². The van der Waals surface area contributed by atoms with Gasteiger partial charge in [0.1, 0.15) is 0 Å². The molecule has 0 spiro atoms. The summed E-state index contributed by atoms with van der Waals surface area (Å²) in [5.41, 5.74) is 0.515. The van der Waals surface area contributed by atoms with E-state index in [1.807, 2.05) is 11.8 Å². The van der Waals surface area contributed by atoms with E-state index in [-0.39, 0.29) is 16.7 Å². The van der Waals surface area contributed by atoms with Gasteiger partial charge in [0.05, 0.1) is 16.2 Å². The smallest absolute Gasteiger partial charge is 0.262 e. The Morgan fingerprint density at radius 1 is 1.21 bits per heavy atom. The lowest BCUT2D eigenvalue weighted by Gasteiger charge is -2.29. The Labute approximate surface area is 175 Å². The number of hydrogen-bond donors (Lipinski definition) is 0. The molecule has 1 aliphatic heterocycles. The molecular weight excluding hydrogens is 394 g/mol. The molecule has 1 amide bonds. The van der Waals surface area contributed by atoms with Crippen molar-refractivity contribution in [3.05, 3.63) is 33.6 Å². The lowest BCUT2D eigenvalue weighted by Crippen LogP contribution is -2.40. The molecule has 1 atom stereocenters. The van der Waals surface area contributed by atoms with E-state index in [9.17, 15) is 9.59 Å². The van der Waals surface area contributed by atoms with Gasteiger partial charge in [0, 0.05) is 24.7 Å². The average molecular weight is 422 g/mol. The number of hydrogen-bond acceptors (Lipinski definition) is 4. The van der Waals surface area contributed by atoms with Crippen molar-refractivity contribution >= 4 is 40.2 Å². The van der Waals surface area contributed by atoms with Crippen molar-refractivity contribution < 1.29 is 4.79 Å². The Hall–Kier alpha value is -1.53. The molecule has 0 saturated carbocycles. The van der Waals surface area contributed by atoms with E-state index in [4.69, 9.17) is 16.6 Å². The van der Waals surface area contributed by atoms with E-state index in [0.29, 0.717) is 33.5 Å². The number of thioether (sulfide) groups is 1. The van der Waals surface area contributed by atoms with Crippen molar-refractivity contribution in [3.8, 4) is 0 Å². The van der Waals surface area contributed by atoms with E-state index in [2.05, 4.69) is 13.8 Å². The van der Waals surface area contributed by atoms with Crippen molar-refractivity contribution in [1.82, 2.24) is 14.5 Å². The highest BCUT2D eigenvalue weighted by atomic mass is 35.5. The average Bonchev–Trinajstić information content (AvgIpc) is 2.67. The molecule has 2 aromatic rings. The monoisotopic (exact) mass is 421 g/mol. The van der Waals surface area contributed by atoms with Gasteiger partial charge in [-0.15, -0.1) is 0 Å². The van der Waals surface area contributed by atoms with E-state index in [0.717, 1.165) is 32.4 Å². The van der Waals surface area contributed by atoms with Gasteiger partial charge >= 0.3 is 0 Å². The number of carbonyl (C=O) groups excluding carboxylic acids is 1. The summed E-state index contributed by atoms with van der Waals surface area (Å²) in [6, 6.07) is 5.16. The van der Waals surface area contributed by atoms with E-state index >= 15 is 0 Å². The summed E-state index contributed by atoms with van der Waals surface area (Å²) in [6.07, 6.45) is 4.19. The third-order valence-electron chi connectivity index (χ3n) is 5.11. The molecule has 1 aromatic heterocycles. The third kappa shape index (κ3) is 4.90. The van der Waals surface area contributed by atoms with Crippen LogP contribution < -0.4 is 5.56 Å². The van der Waals surface area contributed by atoms with Gasteiger partial charge in [-0.1, -0.05) is 37.2 Å². The number of rotatable bonds is 6. The zero-order valence-electron chi connectivity index (χ0n) is 16.8. The number of fused-ring (bicyclic) bond motifs is 1. The van der Waals surface area contributed by atoms with Crippen LogP contribution in [-0.4, -0.2) is 38.7 Å². The number of amides is 1. The first-order valence-corrected chi connectivity index (χ1v) is 11.3. The fourth-order valence-electron chi connectivity index (χ4n) is 3.43. The lowest BCUT2D eigenvalue weighted by molar-refractivity contribution is -0.131. The van der Waals surface area contributed by atoms with Crippen LogP contribution in [0.15, 0.2) is 28.2 Å². The van der Waals surface area contributed by atoms with Crippen molar-refractivity contribution in [2.24, 2.45) is 5.92 Å². The van der Waals surface area contributed by atoms with Crippen LogP contribution in [-0.2, 0) is 11.3 Å². The molecule has 0 aliphatic carbocycles. The predicted octanol–water partition coefficient (Wildman–Crippen LogP) is 4.59. The highest BCUT2D eigenvalue weighted by Crippen LogP contribution is 2.26. The maximum absolute atomic E-state index is 13.1. The molecule has 1 unspecified atom stereocenters. The van der Waals surface area contributed by atoms with Gasteiger partial charge in [-0.25, -0.2) is 4.98 Å². The maximum Gasteiger partial charge on any atom is 0.262 e. The van der Waals surface area contributed by atoms with Crippen molar-refractivity contribution in [2.45, 2.75) is 63.4 Å². The Balaban J connectivity index is 1.93. The molecule has 1 saturated heterocycles. The number of piperidine rings is 1.